The van der Waals surface area contributed by atoms with Crippen LogP contribution >= 0.6 is 11.3 Å². The largest absolute Gasteiger partial charge is 0.370 e. The number of aryl methyl sites for hydroxylation is 2. The van der Waals surface area contributed by atoms with Gasteiger partial charge in [-0.15, -0.1) is 11.3 Å². The number of likely N-dealkylation sites (tertiary alicyclic amines) is 1. The highest BCUT2D eigenvalue weighted by Crippen LogP contribution is 2.30. The summed E-state index contributed by atoms with van der Waals surface area (Å²) < 4.78 is 0. The number of ketones is 1. The molecule has 11 heteroatoms. The topological polar surface area (TPSA) is 156 Å². The number of aromatic nitrogens is 1. The van der Waals surface area contributed by atoms with Crippen molar-refractivity contribution in [2.45, 2.75) is 75.9 Å². The van der Waals surface area contributed by atoms with E-state index in [2.05, 4.69) is 15.6 Å². The van der Waals surface area contributed by atoms with Crippen LogP contribution < -0.4 is 22.1 Å². The Morgan fingerprint density at radius 1 is 1.15 bits per heavy atom. The Morgan fingerprint density at radius 3 is 2.64 bits per heavy atom. The molecule has 0 bridgehead atoms. The predicted octanol–water partition coefficient (Wildman–Crippen LogP) is 1.56. The number of carbonyl (C=O) groups excluding carboxylic acids is 3. The van der Waals surface area contributed by atoms with Crippen molar-refractivity contribution in [1.82, 2.24) is 20.5 Å². The lowest BCUT2D eigenvalue weighted by Gasteiger charge is -2.31. The standard InChI is InChI=1S/C28H39N7O3S/c1-31-20(17-18-9-3-2-4-10-18)25(37)34-26(38)22-13-8-16-35(22)21(12-7-15-32-28(29)30)24(36)27-33-19-11-5-6-14-23(19)39-27/h2-4,9-10,20-22,31H,5-8,11-17H2,1H3,(H4,29,30,32)(H,34,37,38)/t20-,21?,22+/m1/s1. The first-order valence-corrected chi connectivity index (χ1v) is 14.6. The SMILES string of the molecule is CN[C@H](Cc1ccccc1)C(=O)NC(=O)[C@@H]1CCCN1C(CCCN=C(N)N)C(=O)c1nc2c(s1)CCCC2. The van der Waals surface area contributed by atoms with Crippen LogP contribution in [0.2, 0.25) is 0 Å². The van der Waals surface area contributed by atoms with Crippen LogP contribution in [0.4, 0.5) is 0 Å². The number of carbonyl (C=O) groups is 3. The molecule has 1 unspecified atom stereocenters. The molecule has 2 aliphatic rings. The van der Waals surface area contributed by atoms with E-state index in [0.717, 1.165) is 43.4 Å². The molecule has 1 aliphatic heterocycles. The minimum Gasteiger partial charge on any atom is -0.370 e. The van der Waals surface area contributed by atoms with Crippen molar-refractivity contribution in [2.75, 3.05) is 20.1 Å². The fourth-order valence-electron chi connectivity index (χ4n) is 5.45. The molecule has 4 rings (SSSR count). The van der Waals surface area contributed by atoms with Crippen molar-refractivity contribution < 1.29 is 14.4 Å². The zero-order chi connectivity index (χ0) is 27.8. The molecule has 10 nitrogen and oxygen atoms in total. The van der Waals surface area contributed by atoms with E-state index < -0.39 is 18.1 Å². The van der Waals surface area contributed by atoms with Gasteiger partial charge in [0.2, 0.25) is 17.6 Å². The summed E-state index contributed by atoms with van der Waals surface area (Å²) in [5, 5.41) is 6.14. The van der Waals surface area contributed by atoms with Crippen LogP contribution in [-0.4, -0.2) is 71.7 Å². The molecule has 1 aromatic carbocycles. The molecule has 6 N–H and O–H groups in total. The maximum absolute atomic E-state index is 13.8. The number of likely N-dealkylation sites (N-methyl/N-ethyl adjacent to an activating group) is 1. The van der Waals surface area contributed by atoms with Crippen LogP contribution in [0.15, 0.2) is 35.3 Å². The summed E-state index contributed by atoms with van der Waals surface area (Å²) >= 11 is 1.48. The summed E-state index contributed by atoms with van der Waals surface area (Å²) in [4.78, 5) is 52.2. The number of nitrogens with zero attached hydrogens (tertiary/aromatic N) is 3. The molecule has 2 amide bonds. The molecule has 0 spiro atoms. The molecular formula is C28H39N7O3S. The lowest BCUT2D eigenvalue weighted by Crippen LogP contribution is -2.54. The monoisotopic (exact) mass is 553 g/mol. The summed E-state index contributed by atoms with van der Waals surface area (Å²) in [5.41, 5.74) is 13.0. The van der Waals surface area contributed by atoms with Gasteiger partial charge in [-0.25, -0.2) is 4.98 Å². The first kappa shape index (κ1) is 28.8. The molecule has 3 atom stereocenters. The van der Waals surface area contributed by atoms with Crippen LogP contribution in [0.25, 0.3) is 0 Å². The van der Waals surface area contributed by atoms with Crippen molar-refractivity contribution in [3.05, 3.63) is 51.5 Å². The maximum atomic E-state index is 13.8. The van der Waals surface area contributed by atoms with Gasteiger partial charge in [-0.05, 0) is 76.9 Å². The van der Waals surface area contributed by atoms with E-state index in [1.54, 1.807) is 7.05 Å². The lowest BCUT2D eigenvalue weighted by molar-refractivity contribution is -0.134. The van der Waals surface area contributed by atoms with Gasteiger partial charge < -0.3 is 16.8 Å². The minimum atomic E-state index is -0.574. The molecule has 210 valence electrons. The molecular weight excluding hydrogens is 514 g/mol. The summed E-state index contributed by atoms with van der Waals surface area (Å²) in [6.07, 6.45) is 6.95. The lowest BCUT2D eigenvalue weighted by atomic mass is 10.0. The normalized spacial score (nSPS) is 18.6. The van der Waals surface area contributed by atoms with E-state index >= 15 is 0 Å². The van der Waals surface area contributed by atoms with Gasteiger partial charge >= 0.3 is 0 Å². The second-order valence-corrected chi connectivity index (χ2v) is 11.3. The van der Waals surface area contributed by atoms with Crippen LogP contribution in [0.5, 0.6) is 0 Å². The first-order chi connectivity index (χ1) is 18.9. The van der Waals surface area contributed by atoms with Gasteiger partial charge in [0.15, 0.2) is 11.0 Å². The second kappa shape index (κ2) is 13.8. The van der Waals surface area contributed by atoms with E-state index in [9.17, 15) is 14.4 Å². The number of nitrogens with one attached hydrogen (secondary N) is 2. The number of fused-ring (bicyclic) bond motifs is 1. The highest BCUT2D eigenvalue weighted by Gasteiger charge is 2.40. The summed E-state index contributed by atoms with van der Waals surface area (Å²) in [7, 11) is 1.71. The van der Waals surface area contributed by atoms with E-state index in [4.69, 9.17) is 16.5 Å². The van der Waals surface area contributed by atoms with Gasteiger partial charge in [-0.2, -0.15) is 0 Å². The Hall–Kier alpha value is -3.15. The number of aliphatic imine (C=N–C) groups is 1. The number of amides is 2. The smallest absolute Gasteiger partial charge is 0.244 e. The molecule has 2 heterocycles. The Morgan fingerprint density at radius 2 is 1.92 bits per heavy atom. The second-order valence-electron chi connectivity index (χ2n) is 10.2. The maximum Gasteiger partial charge on any atom is 0.244 e. The number of imide groups is 1. The zero-order valence-corrected chi connectivity index (χ0v) is 23.3. The van der Waals surface area contributed by atoms with Crippen LogP contribution in [0.1, 0.15) is 64.5 Å². The van der Waals surface area contributed by atoms with Gasteiger partial charge in [0.1, 0.15) is 0 Å². The molecule has 39 heavy (non-hydrogen) atoms. The van der Waals surface area contributed by atoms with Gasteiger partial charge in [-0.1, -0.05) is 30.3 Å². The molecule has 0 saturated carbocycles. The molecule has 1 saturated heterocycles. The van der Waals surface area contributed by atoms with E-state index in [0.29, 0.717) is 43.8 Å². The zero-order valence-electron chi connectivity index (χ0n) is 22.5. The average Bonchev–Trinajstić information content (AvgIpc) is 3.59. The number of guanidine groups is 1. The van der Waals surface area contributed by atoms with Crippen molar-refractivity contribution in [1.29, 1.82) is 0 Å². The highest BCUT2D eigenvalue weighted by molar-refractivity contribution is 7.13. The van der Waals surface area contributed by atoms with E-state index in [1.165, 1.54) is 16.2 Å². The fraction of sp³-hybridized carbons (Fsp3) is 0.536. The molecule has 2 aromatic rings. The van der Waals surface area contributed by atoms with Crippen LogP contribution in [-0.2, 0) is 28.9 Å². The Bertz CT molecular complexity index is 1160. The Kier molecular flexibility index (Phi) is 10.2. The third-order valence-electron chi connectivity index (χ3n) is 7.48. The van der Waals surface area contributed by atoms with E-state index in [1.807, 2.05) is 35.2 Å². The van der Waals surface area contributed by atoms with Gasteiger partial charge in [-0.3, -0.25) is 29.6 Å². The Balaban J connectivity index is 1.48. The van der Waals surface area contributed by atoms with Gasteiger partial charge in [0.05, 0.1) is 23.8 Å². The van der Waals surface area contributed by atoms with Gasteiger partial charge in [0, 0.05) is 11.4 Å². The molecule has 0 radical (unpaired) electrons. The number of thiazole rings is 1. The Labute approximate surface area is 233 Å². The number of nitrogens with two attached hydrogens (primary N) is 2. The predicted molar refractivity (Wildman–Crippen MR) is 153 cm³/mol. The average molecular weight is 554 g/mol. The summed E-state index contributed by atoms with van der Waals surface area (Å²) in [6, 6.07) is 8.01. The minimum absolute atomic E-state index is 0.0111. The van der Waals surface area contributed by atoms with E-state index in [-0.39, 0.29) is 23.6 Å². The quantitative estimate of drug-likeness (QED) is 0.134. The molecule has 1 aromatic heterocycles. The van der Waals surface area contributed by atoms with Crippen molar-refractivity contribution in [2.24, 2.45) is 16.5 Å². The van der Waals surface area contributed by atoms with Crippen LogP contribution in [0.3, 0.4) is 0 Å². The number of rotatable bonds is 12. The van der Waals surface area contributed by atoms with Gasteiger partial charge in [0.25, 0.3) is 0 Å². The number of hydrogen-bond acceptors (Lipinski definition) is 8. The van der Waals surface area contributed by atoms with Crippen LogP contribution in [0, 0.1) is 0 Å². The summed E-state index contributed by atoms with van der Waals surface area (Å²) in [6.45, 7) is 0.989. The third kappa shape index (κ3) is 7.49. The summed E-state index contributed by atoms with van der Waals surface area (Å²) in [5.74, 6) is -0.799. The first-order valence-electron chi connectivity index (χ1n) is 13.8. The third-order valence-corrected chi connectivity index (χ3v) is 8.65. The number of Topliss-reactive ketones (excluding diaryl/α,β-unsaturated/α-hetero) is 1. The van der Waals surface area contributed by atoms with Crippen molar-refractivity contribution >= 4 is 34.9 Å². The van der Waals surface area contributed by atoms with Crippen molar-refractivity contribution in [3.8, 4) is 0 Å². The number of hydrogen-bond donors (Lipinski definition) is 4. The van der Waals surface area contributed by atoms with Crippen molar-refractivity contribution in [3.63, 3.8) is 0 Å². The number of benzene rings is 1. The fourth-order valence-corrected chi connectivity index (χ4v) is 6.59. The molecule has 1 aliphatic carbocycles. The molecule has 1 fully saturated rings. The highest BCUT2D eigenvalue weighted by atomic mass is 32.1.